The van der Waals surface area contributed by atoms with Gasteiger partial charge in [0.2, 0.25) is 0 Å². The Labute approximate surface area is 248 Å². The lowest BCUT2D eigenvalue weighted by atomic mass is 10.0. The summed E-state index contributed by atoms with van der Waals surface area (Å²) in [5.74, 6) is 0.507. The number of nitrogens with one attached hydrogen (secondary N) is 2. The zero-order valence-corrected chi connectivity index (χ0v) is 24.0. The average molecular weight is 594 g/mol. The van der Waals surface area contributed by atoms with Gasteiger partial charge in [0, 0.05) is 35.3 Å². The van der Waals surface area contributed by atoms with Crippen molar-refractivity contribution in [2.24, 2.45) is 0 Å². The molecule has 2 amide bonds. The molecule has 1 aromatic heterocycles. The molecule has 8 nitrogen and oxygen atoms in total. The first kappa shape index (κ1) is 28.5. The molecule has 1 aliphatic carbocycles. The number of phenols is 1. The third-order valence-corrected chi connectivity index (χ3v) is 7.83. The molecule has 1 heterocycles. The number of benzene rings is 3. The van der Waals surface area contributed by atoms with Crippen LogP contribution in [0.25, 0.3) is 11.3 Å². The predicted molar refractivity (Wildman–Crippen MR) is 160 cm³/mol. The molecule has 0 saturated heterocycles. The maximum Gasteiger partial charge on any atom is 0.342 e. The third-order valence-electron chi connectivity index (χ3n) is 7.09. The third kappa shape index (κ3) is 6.66. The fourth-order valence-corrected chi connectivity index (χ4v) is 5.32. The highest BCUT2D eigenvalue weighted by molar-refractivity contribution is 6.42. The van der Waals surface area contributed by atoms with E-state index in [0.717, 1.165) is 36.9 Å². The van der Waals surface area contributed by atoms with Crippen molar-refractivity contribution >= 4 is 40.8 Å². The quantitative estimate of drug-likeness (QED) is 0.195. The number of hydrogen-bond acceptors (Lipinski definition) is 5. The Kier molecular flexibility index (Phi) is 8.81. The first-order valence-electron chi connectivity index (χ1n) is 13.5. The zero-order chi connectivity index (χ0) is 28.9. The van der Waals surface area contributed by atoms with Crippen molar-refractivity contribution in [3.8, 4) is 22.8 Å². The van der Waals surface area contributed by atoms with E-state index in [1.54, 1.807) is 54.6 Å². The van der Waals surface area contributed by atoms with Crippen molar-refractivity contribution in [3.63, 3.8) is 0 Å². The van der Waals surface area contributed by atoms with Gasteiger partial charge in [0.25, 0.3) is 5.91 Å². The molecule has 0 aliphatic heterocycles. The summed E-state index contributed by atoms with van der Waals surface area (Å²) in [7, 11) is 0. The van der Waals surface area contributed by atoms with E-state index in [-0.39, 0.29) is 30.2 Å². The molecular weight excluding hydrogens is 563 g/mol. The number of halogens is 2. The van der Waals surface area contributed by atoms with Crippen LogP contribution in [0.5, 0.6) is 11.5 Å². The fraction of sp³-hybridized carbons (Fsp3) is 0.258. The number of carbonyl (C=O) groups is 2. The molecule has 1 saturated carbocycles. The maximum absolute atomic E-state index is 13.3. The molecule has 4 aromatic rings. The predicted octanol–water partition coefficient (Wildman–Crippen LogP) is 7.63. The van der Waals surface area contributed by atoms with Crippen LogP contribution >= 0.6 is 23.2 Å². The van der Waals surface area contributed by atoms with Gasteiger partial charge in [-0.1, -0.05) is 42.1 Å². The number of rotatable bonds is 8. The Hall–Kier alpha value is -4.01. The van der Waals surface area contributed by atoms with Crippen molar-refractivity contribution in [1.29, 1.82) is 0 Å². The summed E-state index contributed by atoms with van der Waals surface area (Å²) in [5.41, 5.74) is 3.43. The van der Waals surface area contributed by atoms with Crippen molar-refractivity contribution < 1.29 is 19.4 Å². The molecular formula is C31H30Cl2N4O4. The highest BCUT2D eigenvalue weighted by atomic mass is 35.5. The van der Waals surface area contributed by atoms with Crippen LogP contribution in [0.4, 0.5) is 10.5 Å². The number of anilines is 1. The highest BCUT2D eigenvalue weighted by Gasteiger charge is 2.26. The summed E-state index contributed by atoms with van der Waals surface area (Å²) in [6.07, 6.45) is 4.11. The van der Waals surface area contributed by atoms with Crippen molar-refractivity contribution in [2.75, 3.05) is 11.9 Å². The highest BCUT2D eigenvalue weighted by Crippen LogP contribution is 2.38. The summed E-state index contributed by atoms with van der Waals surface area (Å²) in [6.45, 7) is 2.69. The van der Waals surface area contributed by atoms with E-state index in [0.29, 0.717) is 44.9 Å². The van der Waals surface area contributed by atoms with Crippen LogP contribution in [0, 0.1) is 0 Å². The molecule has 0 unspecified atom stereocenters. The molecule has 1 aliphatic rings. The SMILES string of the molecule is CCOc1ccc(C(=O)Nc2ccc(-c3cc(C4CCCC4)n(C(=O)NCc4ccc(Cl)c(Cl)c4)n3)c(O)c2)cc1. The van der Waals surface area contributed by atoms with Crippen molar-refractivity contribution in [1.82, 2.24) is 15.1 Å². The molecule has 212 valence electrons. The number of aromatic hydroxyl groups is 1. The normalized spacial score (nSPS) is 13.2. The Balaban J connectivity index is 1.34. The van der Waals surface area contributed by atoms with E-state index in [2.05, 4.69) is 15.7 Å². The second-order valence-electron chi connectivity index (χ2n) is 9.90. The molecule has 41 heavy (non-hydrogen) atoms. The fourth-order valence-electron chi connectivity index (χ4n) is 5.00. The Morgan fingerprint density at radius 2 is 1.76 bits per heavy atom. The number of phenolic OH excluding ortho intramolecular Hbond substituents is 1. The molecule has 0 spiro atoms. The molecule has 3 aromatic carbocycles. The number of aromatic nitrogens is 2. The number of hydrogen-bond donors (Lipinski definition) is 3. The largest absolute Gasteiger partial charge is 0.507 e. The summed E-state index contributed by atoms with van der Waals surface area (Å²) in [6, 6.07) is 18.4. The van der Waals surface area contributed by atoms with Crippen molar-refractivity contribution in [2.45, 2.75) is 45.1 Å². The second-order valence-corrected chi connectivity index (χ2v) is 10.7. The summed E-state index contributed by atoms with van der Waals surface area (Å²) in [5, 5.41) is 22.0. The van der Waals surface area contributed by atoms with Crippen LogP contribution in [0.3, 0.4) is 0 Å². The van der Waals surface area contributed by atoms with Crippen LogP contribution < -0.4 is 15.4 Å². The van der Waals surface area contributed by atoms with Gasteiger partial charge in [0.1, 0.15) is 11.5 Å². The van der Waals surface area contributed by atoms with Gasteiger partial charge in [-0.2, -0.15) is 9.78 Å². The van der Waals surface area contributed by atoms with Gasteiger partial charge < -0.3 is 20.5 Å². The molecule has 5 rings (SSSR count). The Bertz CT molecular complexity index is 1560. The summed E-state index contributed by atoms with van der Waals surface area (Å²) < 4.78 is 6.82. The van der Waals surface area contributed by atoms with Gasteiger partial charge in [-0.15, -0.1) is 0 Å². The van der Waals surface area contributed by atoms with Crippen LogP contribution in [0.15, 0.2) is 66.7 Å². The Morgan fingerprint density at radius 3 is 2.44 bits per heavy atom. The molecule has 1 fully saturated rings. The first-order chi connectivity index (χ1) is 19.8. The summed E-state index contributed by atoms with van der Waals surface area (Å²) >= 11 is 12.1. The van der Waals surface area contributed by atoms with Gasteiger partial charge in [-0.05, 0) is 79.9 Å². The van der Waals surface area contributed by atoms with E-state index in [1.165, 1.54) is 10.7 Å². The maximum atomic E-state index is 13.3. The lowest BCUT2D eigenvalue weighted by Crippen LogP contribution is -2.30. The van der Waals surface area contributed by atoms with Gasteiger partial charge in [-0.3, -0.25) is 4.79 Å². The summed E-state index contributed by atoms with van der Waals surface area (Å²) in [4.78, 5) is 26.0. The zero-order valence-electron chi connectivity index (χ0n) is 22.5. The van der Waals surface area contributed by atoms with Crippen LogP contribution in [-0.2, 0) is 6.54 Å². The monoisotopic (exact) mass is 592 g/mol. The topological polar surface area (TPSA) is 105 Å². The first-order valence-corrected chi connectivity index (χ1v) is 14.3. The molecule has 0 bridgehead atoms. The lowest BCUT2D eigenvalue weighted by molar-refractivity contribution is 0.102. The molecule has 0 radical (unpaired) electrons. The van der Waals surface area contributed by atoms with E-state index >= 15 is 0 Å². The van der Waals surface area contributed by atoms with Gasteiger partial charge in [0.05, 0.1) is 28.0 Å². The minimum absolute atomic E-state index is 0.0617. The standard InChI is InChI=1S/C31H30Cl2N4O4/c1-2-41-23-11-8-21(9-12-23)30(39)35-22-10-13-24(29(38)16-22)27-17-28(20-5-3-4-6-20)37(36-27)31(40)34-18-19-7-14-25(32)26(33)15-19/h7-17,20,38H,2-6,18H2,1H3,(H,34,40)(H,35,39). The number of carbonyl (C=O) groups excluding carboxylic acids is 2. The Morgan fingerprint density at radius 1 is 1.00 bits per heavy atom. The van der Waals surface area contributed by atoms with Crippen LogP contribution in [0.2, 0.25) is 10.0 Å². The second kappa shape index (κ2) is 12.7. The number of ether oxygens (including phenoxy) is 1. The van der Waals surface area contributed by atoms with Gasteiger partial charge in [-0.25, -0.2) is 4.79 Å². The van der Waals surface area contributed by atoms with Crippen LogP contribution in [0.1, 0.15) is 60.1 Å². The smallest absolute Gasteiger partial charge is 0.342 e. The number of nitrogens with zero attached hydrogens (tertiary/aromatic N) is 2. The molecule has 3 N–H and O–H groups in total. The van der Waals surface area contributed by atoms with Crippen molar-refractivity contribution in [3.05, 3.63) is 93.6 Å². The molecule has 10 heteroatoms. The van der Waals surface area contributed by atoms with E-state index in [9.17, 15) is 14.7 Å². The van der Waals surface area contributed by atoms with E-state index < -0.39 is 0 Å². The minimum Gasteiger partial charge on any atom is -0.507 e. The average Bonchev–Trinajstić information content (AvgIpc) is 3.65. The minimum atomic E-state index is -0.372. The van der Waals surface area contributed by atoms with Gasteiger partial charge in [0.15, 0.2) is 0 Å². The lowest BCUT2D eigenvalue weighted by Gasteiger charge is -2.12. The van der Waals surface area contributed by atoms with Gasteiger partial charge >= 0.3 is 6.03 Å². The van der Waals surface area contributed by atoms with Crippen LogP contribution in [-0.4, -0.2) is 33.4 Å². The van der Waals surface area contributed by atoms with E-state index in [4.69, 9.17) is 27.9 Å². The number of amides is 2. The molecule has 0 atom stereocenters. The van der Waals surface area contributed by atoms with E-state index in [1.807, 2.05) is 13.0 Å².